The van der Waals surface area contributed by atoms with Gasteiger partial charge in [0.05, 0.1) is 19.1 Å². The normalized spacial score (nSPS) is 25.1. The molecule has 0 unspecified atom stereocenters. The fraction of sp³-hybridized carbons (Fsp3) is 0.900. The largest absolute Gasteiger partial charge is 0.382 e. The highest BCUT2D eigenvalue weighted by atomic mass is 16.5. The van der Waals surface area contributed by atoms with Crippen molar-refractivity contribution in [1.82, 2.24) is 14.7 Å². The van der Waals surface area contributed by atoms with Gasteiger partial charge in [-0.15, -0.1) is 0 Å². The summed E-state index contributed by atoms with van der Waals surface area (Å²) >= 11 is 0. The van der Waals surface area contributed by atoms with Crippen LogP contribution in [0.2, 0.25) is 0 Å². The van der Waals surface area contributed by atoms with Gasteiger partial charge in [0.25, 0.3) is 0 Å². The number of carbonyl (C=O) groups is 2. The Hall–Kier alpha value is -1.18. The van der Waals surface area contributed by atoms with Crippen molar-refractivity contribution in [1.29, 1.82) is 0 Å². The van der Waals surface area contributed by atoms with E-state index in [1.165, 1.54) is 0 Å². The number of amides is 2. The third-order valence-corrected chi connectivity index (χ3v) is 6.21. The second kappa shape index (κ2) is 10.4. The third-order valence-electron chi connectivity index (χ3n) is 6.21. The molecule has 1 atom stereocenters. The van der Waals surface area contributed by atoms with Crippen LogP contribution < -0.4 is 0 Å². The van der Waals surface area contributed by atoms with Crippen molar-refractivity contribution in [3.8, 4) is 0 Å². The highest BCUT2D eigenvalue weighted by Crippen LogP contribution is 2.26. The number of hydrogen-bond donors (Lipinski definition) is 0. The SMILES string of the molecule is COCCOCC(=O)N1CCC(N2CCC[C@@H](C(=O)N3CCCC3)C2)CC1. The number of piperidine rings is 2. The maximum absolute atomic E-state index is 12.7. The molecule has 3 rings (SSSR count). The van der Waals surface area contributed by atoms with E-state index in [1.807, 2.05) is 4.90 Å². The summed E-state index contributed by atoms with van der Waals surface area (Å²) in [7, 11) is 1.62. The zero-order valence-corrected chi connectivity index (χ0v) is 16.7. The van der Waals surface area contributed by atoms with Crippen LogP contribution in [0.25, 0.3) is 0 Å². The number of likely N-dealkylation sites (tertiary alicyclic amines) is 3. The summed E-state index contributed by atoms with van der Waals surface area (Å²) < 4.78 is 10.3. The van der Waals surface area contributed by atoms with E-state index in [9.17, 15) is 9.59 Å². The van der Waals surface area contributed by atoms with E-state index in [4.69, 9.17) is 9.47 Å². The summed E-state index contributed by atoms with van der Waals surface area (Å²) in [4.78, 5) is 31.5. The van der Waals surface area contributed by atoms with Crippen LogP contribution in [0.1, 0.15) is 38.5 Å². The highest BCUT2D eigenvalue weighted by Gasteiger charge is 2.34. The number of rotatable bonds is 7. The molecule has 0 aromatic rings. The molecule has 0 bridgehead atoms. The lowest BCUT2D eigenvalue weighted by molar-refractivity contribution is -0.138. The van der Waals surface area contributed by atoms with Gasteiger partial charge in [-0.05, 0) is 45.1 Å². The molecule has 0 aromatic heterocycles. The quantitative estimate of drug-likeness (QED) is 0.615. The maximum Gasteiger partial charge on any atom is 0.248 e. The van der Waals surface area contributed by atoms with Crippen molar-refractivity contribution in [3.63, 3.8) is 0 Å². The molecule has 0 spiro atoms. The van der Waals surface area contributed by atoms with Gasteiger partial charge in [-0.1, -0.05) is 0 Å². The van der Waals surface area contributed by atoms with Gasteiger partial charge in [0.2, 0.25) is 11.8 Å². The minimum absolute atomic E-state index is 0.0743. The summed E-state index contributed by atoms with van der Waals surface area (Å²) in [6.45, 7) is 6.57. The second-order valence-corrected chi connectivity index (χ2v) is 8.02. The molecular formula is C20H35N3O4. The van der Waals surface area contributed by atoms with Crippen molar-refractivity contribution in [2.75, 3.05) is 66.2 Å². The van der Waals surface area contributed by atoms with Gasteiger partial charge >= 0.3 is 0 Å². The smallest absolute Gasteiger partial charge is 0.248 e. The van der Waals surface area contributed by atoms with Gasteiger partial charge in [-0.2, -0.15) is 0 Å². The average Bonchev–Trinajstić information content (AvgIpc) is 3.25. The average molecular weight is 382 g/mol. The minimum atomic E-state index is 0.0743. The van der Waals surface area contributed by atoms with Crippen LogP contribution in [0.4, 0.5) is 0 Å². The van der Waals surface area contributed by atoms with Crippen LogP contribution in [0.5, 0.6) is 0 Å². The molecule has 3 fully saturated rings. The van der Waals surface area contributed by atoms with E-state index in [1.54, 1.807) is 7.11 Å². The molecule has 0 saturated carbocycles. The molecule has 0 aromatic carbocycles. The standard InChI is InChI=1S/C20H35N3O4/c1-26-13-14-27-16-19(24)21-11-6-18(7-12-21)23-10-4-5-17(15-23)20(25)22-8-2-3-9-22/h17-18H,2-16H2,1H3/t17-/m1/s1. The highest BCUT2D eigenvalue weighted by molar-refractivity contribution is 5.79. The van der Waals surface area contributed by atoms with Gasteiger partial charge < -0.3 is 19.3 Å². The van der Waals surface area contributed by atoms with Crippen molar-refractivity contribution in [2.24, 2.45) is 5.92 Å². The Morgan fingerprint density at radius 1 is 0.889 bits per heavy atom. The predicted octanol–water partition coefficient (Wildman–Crippen LogP) is 0.975. The number of ether oxygens (including phenoxy) is 2. The summed E-state index contributed by atoms with van der Waals surface area (Å²) in [5.41, 5.74) is 0. The van der Waals surface area contributed by atoms with Gasteiger partial charge in [0.1, 0.15) is 6.61 Å². The molecule has 154 valence electrons. The first-order chi connectivity index (χ1) is 13.2. The third kappa shape index (κ3) is 5.65. The van der Waals surface area contributed by atoms with Gasteiger partial charge in [0.15, 0.2) is 0 Å². The zero-order valence-electron chi connectivity index (χ0n) is 16.7. The molecule has 3 aliphatic rings. The molecule has 3 saturated heterocycles. The Balaban J connectivity index is 1.41. The lowest BCUT2D eigenvalue weighted by Gasteiger charge is -2.42. The topological polar surface area (TPSA) is 62.3 Å². The molecule has 27 heavy (non-hydrogen) atoms. The Kier molecular flexibility index (Phi) is 7.91. The van der Waals surface area contributed by atoms with Crippen molar-refractivity contribution in [3.05, 3.63) is 0 Å². The molecule has 0 N–H and O–H groups in total. The first-order valence-corrected chi connectivity index (χ1v) is 10.6. The van der Waals surface area contributed by atoms with E-state index in [0.29, 0.717) is 25.2 Å². The zero-order chi connectivity index (χ0) is 19.1. The summed E-state index contributed by atoms with van der Waals surface area (Å²) in [6, 6.07) is 0.498. The van der Waals surface area contributed by atoms with Crippen molar-refractivity contribution in [2.45, 2.75) is 44.6 Å². The van der Waals surface area contributed by atoms with Crippen LogP contribution >= 0.6 is 0 Å². The van der Waals surface area contributed by atoms with E-state index < -0.39 is 0 Å². The fourth-order valence-electron chi connectivity index (χ4n) is 4.61. The Morgan fingerprint density at radius 2 is 1.63 bits per heavy atom. The molecule has 0 aliphatic carbocycles. The van der Waals surface area contributed by atoms with Crippen LogP contribution in [-0.4, -0.2) is 98.8 Å². The second-order valence-electron chi connectivity index (χ2n) is 8.02. The Bertz CT molecular complexity index is 488. The van der Waals surface area contributed by atoms with Gasteiger partial charge in [-0.3, -0.25) is 14.5 Å². The van der Waals surface area contributed by atoms with Gasteiger partial charge in [0, 0.05) is 45.9 Å². The lowest BCUT2D eigenvalue weighted by Crippen LogP contribution is -2.52. The lowest BCUT2D eigenvalue weighted by atomic mass is 9.93. The number of nitrogens with zero attached hydrogens (tertiary/aromatic N) is 3. The predicted molar refractivity (Wildman–Crippen MR) is 102 cm³/mol. The van der Waals surface area contributed by atoms with E-state index in [2.05, 4.69) is 9.80 Å². The van der Waals surface area contributed by atoms with E-state index in [0.717, 1.165) is 77.8 Å². The van der Waals surface area contributed by atoms with Crippen molar-refractivity contribution >= 4 is 11.8 Å². The molecular weight excluding hydrogens is 346 g/mol. The number of hydrogen-bond acceptors (Lipinski definition) is 5. The Labute approximate surface area is 162 Å². The van der Waals surface area contributed by atoms with E-state index >= 15 is 0 Å². The monoisotopic (exact) mass is 381 g/mol. The molecule has 0 radical (unpaired) electrons. The number of carbonyl (C=O) groups excluding carboxylic acids is 2. The fourth-order valence-corrected chi connectivity index (χ4v) is 4.61. The summed E-state index contributed by atoms with van der Waals surface area (Å²) in [5, 5.41) is 0. The van der Waals surface area contributed by atoms with Gasteiger partial charge in [-0.25, -0.2) is 0 Å². The summed E-state index contributed by atoms with van der Waals surface area (Å²) in [6.07, 6.45) is 6.44. The van der Waals surface area contributed by atoms with Crippen LogP contribution in [0.3, 0.4) is 0 Å². The number of methoxy groups -OCH3 is 1. The molecule has 7 nitrogen and oxygen atoms in total. The first kappa shape index (κ1) is 20.6. The molecule has 3 aliphatic heterocycles. The Morgan fingerprint density at radius 3 is 2.33 bits per heavy atom. The van der Waals surface area contributed by atoms with Crippen LogP contribution in [0.15, 0.2) is 0 Å². The maximum atomic E-state index is 12.7. The van der Waals surface area contributed by atoms with Crippen LogP contribution in [-0.2, 0) is 19.1 Å². The van der Waals surface area contributed by atoms with Crippen LogP contribution in [0, 0.1) is 5.92 Å². The first-order valence-electron chi connectivity index (χ1n) is 10.6. The van der Waals surface area contributed by atoms with E-state index in [-0.39, 0.29) is 18.4 Å². The molecule has 3 heterocycles. The van der Waals surface area contributed by atoms with Crippen molar-refractivity contribution < 1.29 is 19.1 Å². The minimum Gasteiger partial charge on any atom is -0.382 e. The molecule has 7 heteroatoms. The summed E-state index contributed by atoms with van der Waals surface area (Å²) in [5.74, 6) is 0.619. The molecule has 2 amide bonds.